The highest BCUT2D eigenvalue weighted by Gasteiger charge is 2.39. The molecule has 2 nitrogen and oxygen atoms in total. The van der Waals surface area contributed by atoms with Gasteiger partial charge < -0.3 is 9.84 Å². The van der Waals surface area contributed by atoms with E-state index in [0.29, 0.717) is 6.42 Å². The van der Waals surface area contributed by atoms with Crippen molar-refractivity contribution in [1.82, 2.24) is 0 Å². The van der Waals surface area contributed by atoms with Gasteiger partial charge in [0.1, 0.15) is 5.75 Å². The second kappa shape index (κ2) is 5.66. The van der Waals surface area contributed by atoms with Gasteiger partial charge in [0.05, 0.1) is 12.7 Å². The molecule has 1 heterocycles. The van der Waals surface area contributed by atoms with Gasteiger partial charge in [0, 0.05) is 16.6 Å². The molecule has 0 amide bonds. The first-order valence-electron chi connectivity index (χ1n) is 6.46. The van der Waals surface area contributed by atoms with Crippen LogP contribution in [0.4, 0.5) is 0 Å². The average molecular weight is 345 g/mol. The molecule has 0 radical (unpaired) electrons. The maximum Gasteiger partial charge on any atom is 0.122 e. The Morgan fingerprint density at radius 3 is 2.74 bits per heavy atom. The van der Waals surface area contributed by atoms with Gasteiger partial charge in [-0.15, -0.1) is 0 Å². The smallest absolute Gasteiger partial charge is 0.122 e. The Morgan fingerprint density at radius 2 is 2.11 bits per heavy atom. The Hall–Kier alpha value is -0.190. The van der Waals surface area contributed by atoms with Gasteiger partial charge in [-0.3, -0.25) is 0 Å². The SMILES string of the molecule is COc1ccc(Br)cc1CC1(O)CSCC(C)(C)C1. The lowest BCUT2D eigenvalue weighted by molar-refractivity contribution is 0.0195. The van der Waals surface area contributed by atoms with Crippen LogP contribution < -0.4 is 4.74 Å². The molecular weight excluding hydrogens is 324 g/mol. The lowest BCUT2D eigenvalue weighted by Crippen LogP contribution is -2.44. The Balaban J connectivity index is 2.22. The Bertz CT molecular complexity index is 461. The zero-order chi connectivity index (χ0) is 14.1. The third-order valence-electron chi connectivity index (χ3n) is 3.43. The molecule has 0 bridgehead atoms. The molecule has 0 aliphatic carbocycles. The number of halogens is 1. The fourth-order valence-corrected chi connectivity index (χ4v) is 4.61. The maximum atomic E-state index is 10.9. The average Bonchev–Trinajstić information content (AvgIpc) is 2.26. The predicted molar refractivity (Wildman–Crippen MR) is 85.1 cm³/mol. The summed E-state index contributed by atoms with van der Waals surface area (Å²) in [4.78, 5) is 0. The molecule has 0 aromatic heterocycles. The van der Waals surface area contributed by atoms with Gasteiger partial charge in [-0.1, -0.05) is 29.8 Å². The van der Waals surface area contributed by atoms with Crippen LogP contribution in [0.1, 0.15) is 25.8 Å². The molecule has 2 rings (SSSR count). The number of methoxy groups -OCH3 is 1. The highest BCUT2D eigenvalue weighted by Crippen LogP contribution is 2.41. The fraction of sp³-hybridized carbons (Fsp3) is 0.600. The summed E-state index contributed by atoms with van der Waals surface area (Å²) in [5.74, 6) is 2.77. The number of hydrogen-bond donors (Lipinski definition) is 1. The van der Waals surface area contributed by atoms with Gasteiger partial charge >= 0.3 is 0 Å². The van der Waals surface area contributed by atoms with Gasteiger partial charge in [0.25, 0.3) is 0 Å². The van der Waals surface area contributed by atoms with E-state index < -0.39 is 5.60 Å². The Labute approximate surface area is 128 Å². The van der Waals surface area contributed by atoms with E-state index in [0.717, 1.165) is 33.7 Å². The maximum absolute atomic E-state index is 10.9. The molecule has 1 aromatic rings. The molecular formula is C15H21BrO2S. The molecule has 19 heavy (non-hydrogen) atoms. The van der Waals surface area contributed by atoms with E-state index in [1.807, 2.05) is 30.0 Å². The minimum absolute atomic E-state index is 0.191. The van der Waals surface area contributed by atoms with Gasteiger partial charge in [0.2, 0.25) is 0 Å². The lowest BCUT2D eigenvalue weighted by Gasteiger charge is -2.41. The molecule has 1 aromatic carbocycles. The van der Waals surface area contributed by atoms with Crippen LogP contribution in [0.3, 0.4) is 0 Å². The number of thioether (sulfide) groups is 1. The number of rotatable bonds is 3. The summed E-state index contributed by atoms with van der Waals surface area (Å²) in [5.41, 5.74) is 0.620. The van der Waals surface area contributed by atoms with E-state index in [2.05, 4.69) is 29.8 Å². The summed E-state index contributed by atoms with van der Waals surface area (Å²) in [6.45, 7) is 4.45. The van der Waals surface area contributed by atoms with Gasteiger partial charge in [-0.05, 0) is 41.4 Å². The summed E-state index contributed by atoms with van der Waals surface area (Å²) in [7, 11) is 1.68. The van der Waals surface area contributed by atoms with Crippen molar-refractivity contribution < 1.29 is 9.84 Å². The summed E-state index contributed by atoms with van der Waals surface area (Å²) in [6.07, 6.45) is 1.48. The summed E-state index contributed by atoms with van der Waals surface area (Å²) in [5, 5.41) is 10.9. The summed E-state index contributed by atoms with van der Waals surface area (Å²) >= 11 is 5.33. The standard InChI is InChI=1S/C15H21BrO2S/c1-14(2)8-15(17,10-19-9-14)7-11-6-12(16)4-5-13(11)18-3/h4-6,17H,7-10H2,1-3H3. The van der Waals surface area contributed by atoms with Crippen LogP contribution in [0, 0.1) is 5.41 Å². The monoisotopic (exact) mass is 344 g/mol. The largest absolute Gasteiger partial charge is 0.496 e. The van der Waals surface area contributed by atoms with Crippen LogP contribution in [0.5, 0.6) is 5.75 Å². The van der Waals surface area contributed by atoms with Gasteiger partial charge in [-0.2, -0.15) is 11.8 Å². The summed E-state index contributed by atoms with van der Waals surface area (Å²) in [6, 6.07) is 5.96. The van der Waals surface area contributed by atoms with E-state index in [-0.39, 0.29) is 5.41 Å². The zero-order valence-electron chi connectivity index (χ0n) is 11.7. The molecule has 1 N–H and O–H groups in total. The first kappa shape index (κ1) is 15.2. The number of ether oxygens (including phenoxy) is 1. The van der Waals surface area contributed by atoms with Crippen molar-refractivity contribution in [1.29, 1.82) is 0 Å². The van der Waals surface area contributed by atoms with Crippen LogP contribution in [-0.2, 0) is 6.42 Å². The quantitative estimate of drug-likeness (QED) is 0.901. The van der Waals surface area contributed by atoms with Gasteiger partial charge in [0.15, 0.2) is 0 Å². The molecule has 1 saturated heterocycles. The van der Waals surface area contributed by atoms with E-state index in [1.54, 1.807) is 7.11 Å². The minimum Gasteiger partial charge on any atom is -0.496 e. The van der Waals surface area contributed by atoms with Crippen molar-refractivity contribution in [2.75, 3.05) is 18.6 Å². The van der Waals surface area contributed by atoms with Gasteiger partial charge in [-0.25, -0.2) is 0 Å². The first-order chi connectivity index (χ1) is 8.84. The first-order valence-corrected chi connectivity index (χ1v) is 8.41. The number of benzene rings is 1. The van der Waals surface area contributed by atoms with Crippen LogP contribution >= 0.6 is 27.7 Å². The van der Waals surface area contributed by atoms with Crippen molar-refractivity contribution >= 4 is 27.7 Å². The second-order valence-corrected chi connectivity index (χ2v) is 8.09. The predicted octanol–water partition coefficient (Wildman–Crippen LogP) is 3.89. The molecule has 1 fully saturated rings. The molecule has 1 aliphatic rings. The molecule has 106 valence electrons. The van der Waals surface area contributed by atoms with Crippen LogP contribution in [0.25, 0.3) is 0 Å². The lowest BCUT2D eigenvalue weighted by atomic mass is 9.79. The van der Waals surface area contributed by atoms with Crippen LogP contribution in [-0.4, -0.2) is 29.3 Å². The van der Waals surface area contributed by atoms with Crippen molar-refractivity contribution in [3.05, 3.63) is 28.2 Å². The zero-order valence-corrected chi connectivity index (χ0v) is 14.1. The highest BCUT2D eigenvalue weighted by molar-refractivity contribution is 9.10. The number of aliphatic hydroxyl groups is 1. The Morgan fingerprint density at radius 1 is 1.37 bits per heavy atom. The van der Waals surface area contributed by atoms with E-state index in [4.69, 9.17) is 4.74 Å². The van der Waals surface area contributed by atoms with E-state index in [1.165, 1.54) is 0 Å². The molecule has 4 heteroatoms. The van der Waals surface area contributed by atoms with E-state index >= 15 is 0 Å². The molecule has 1 aliphatic heterocycles. The summed E-state index contributed by atoms with van der Waals surface area (Å²) < 4.78 is 6.42. The minimum atomic E-state index is -0.638. The molecule has 1 atom stereocenters. The van der Waals surface area contributed by atoms with E-state index in [9.17, 15) is 5.11 Å². The second-order valence-electron chi connectivity index (χ2n) is 6.19. The Kier molecular flexibility index (Phi) is 4.53. The molecule has 0 saturated carbocycles. The third kappa shape index (κ3) is 3.89. The third-order valence-corrected chi connectivity index (χ3v) is 5.65. The van der Waals surface area contributed by atoms with Crippen LogP contribution in [0.2, 0.25) is 0 Å². The molecule has 0 spiro atoms. The normalized spacial score (nSPS) is 26.2. The van der Waals surface area contributed by atoms with Crippen molar-refractivity contribution in [3.63, 3.8) is 0 Å². The molecule has 1 unspecified atom stereocenters. The van der Waals surface area contributed by atoms with Crippen LogP contribution in [0.15, 0.2) is 22.7 Å². The fourth-order valence-electron chi connectivity index (χ4n) is 2.86. The van der Waals surface area contributed by atoms with Crippen molar-refractivity contribution in [2.45, 2.75) is 32.3 Å². The van der Waals surface area contributed by atoms with Crippen molar-refractivity contribution in [3.8, 4) is 5.75 Å². The number of hydrogen-bond acceptors (Lipinski definition) is 3. The van der Waals surface area contributed by atoms with Crippen molar-refractivity contribution in [2.24, 2.45) is 5.41 Å². The topological polar surface area (TPSA) is 29.5 Å². The highest BCUT2D eigenvalue weighted by atomic mass is 79.9.